The monoisotopic (exact) mass is 326 g/mol. The lowest BCUT2D eigenvalue weighted by Crippen LogP contribution is -2.29. The molecule has 24 heavy (non-hydrogen) atoms. The number of nitrogens with one attached hydrogen (secondary N) is 2. The molecule has 0 atom stereocenters. The number of anilines is 2. The van der Waals surface area contributed by atoms with Crippen molar-refractivity contribution in [3.63, 3.8) is 0 Å². The number of aryl methyl sites for hydroxylation is 1. The lowest BCUT2D eigenvalue weighted by Gasteiger charge is -2.10. The van der Waals surface area contributed by atoms with Gasteiger partial charge in [0.1, 0.15) is 0 Å². The molecule has 2 N–H and O–H groups in total. The third-order valence-corrected chi connectivity index (χ3v) is 3.41. The van der Waals surface area contributed by atoms with Crippen molar-refractivity contribution in [3.8, 4) is 0 Å². The second-order valence-electron chi connectivity index (χ2n) is 5.00. The minimum atomic E-state index is -0.870. The third-order valence-electron chi connectivity index (χ3n) is 3.41. The summed E-state index contributed by atoms with van der Waals surface area (Å²) in [6.07, 6.45) is 0.888. The molecule has 0 aliphatic carbocycles. The van der Waals surface area contributed by atoms with Gasteiger partial charge in [0.05, 0.1) is 18.4 Å². The summed E-state index contributed by atoms with van der Waals surface area (Å²) in [6, 6.07) is 13.5. The SMILES string of the molecule is CCc1ccc(NC(=O)C(=O)Nc2ccccc2C(=O)OC)cc1. The molecular formula is C18H18N2O4. The molecule has 0 fully saturated rings. The number of esters is 1. The molecule has 2 amide bonds. The highest BCUT2D eigenvalue weighted by atomic mass is 16.5. The topological polar surface area (TPSA) is 84.5 Å². The number of para-hydroxylation sites is 1. The number of benzene rings is 2. The third kappa shape index (κ3) is 4.19. The maximum atomic E-state index is 12.0. The molecule has 6 heteroatoms. The van der Waals surface area contributed by atoms with Crippen LogP contribution in [-0.4, -0.2) is 24.9 Å². The highest BCUT2D eigenvalue weighted by Gasteiger charge is 2.18. The zero-order chi connectivity index (χ0) is 17.5. The van der Waals surface area contributed by atoms with Crippen LogP contribution in [0, 0.1) is 0 Å². The molecule has 0 saturated carbocycles. The molecule has 0 radical (unpaired) electrons. The summed E-state index contributed by atoms with van der Waals surface area (Å²) in [5.74, 6) is -2.29. The molecule has 2 aromatic rings. The molecule has 0 aliphatic rings. The van der Waals surface area contributed by atoms with Crippen LogP contribution in [0.4, 0.5) is 11.4 Å². The first-order valence-corrected chi connectivity index (χ1v) is 7.43. The van der Waals surface area contributed by atoms with Crippen LogP contribution in [-0.2, 0) is 20.7 Å². The van der Waals surface area contributed by atoms with E-state index in [-0.39, 0.29) is 11.3 Å². The Morgan fingerprint density at radius 2 is 1.54 bits per heavy atom. The fourth-order valence-electron chi connectivity index (χ4n) is 2.07. The van der Waals surface area contributed by atoms with Gasteiger partial charge < -0.3 is 15.4 Å². The molecule has 0 bridgehead atoms. The van der Waals surface area contributed by atoms with Gasteiger partial charge in [0, 0.05) is 5.69 Å². The number of hydrogen-bond donors (Lipinski definition) is 2. The summed E-state index contributed by atoms with van der Waals surface area (Å²) in [5.41, 5.74) is 2.04. The van der Waals surface area contributed by atoms with Crippen molar-refractivity contribution in [2.45, 2.75) is 13.3 Å². The highest BCUT2D eigenvalue weighted by Crippen LogP contribution is 2.16. The molecule has 0 spiro atoms. The summed E-state index contributed by atoms with van der Waals surface area (Å²) in [4.78, 5) is 35.7. The van der Waals surface area contributed by atoms with Crippen molar-refractivity contribution in [2.75, 3.05) is 17.7 Å². The molecule has 0 heterocycles. The molecule has 2 aromatic carbocycles. The van der Waals surface area contributed by atoms with E-state index in [1.54, 1.807) is 24.3 Å². The average molecular weight is 326 g/mol. The summed E-state index contributed by atoms with van der Waals surface area (Å²) in [6.45, 7) is 2.03. The van der Waals surface area contributed by atoms with Crippen molar-refractivity contribution in [2.24, 2.45) is 0 Å². The fraction of sp³-hybridized carbons (Fsp3) is 0.167. The Labute approximate surface area is 139 Å². The van der Waals surface area contributed by atoms with E-state index < -0.39 is 17.8 Å². The van der Waals surface area contributed by atoms with Crippen LogP contribution in [0.3, 0.4) is 0 Å². The van der Waals surface area contributed by atoms with Gasteiger partial charge in [0.2, 0.25) is 0 Å². The zero-order valence-electron chi connectivity index (χ0n) is 13.5. The second-order valence-corrected chi connectivity index (χ2v) is 5.00. The summed E-state index contributed by atoms with van der Waals surface area (Å²) in [5, 5.41) is 4.93. The summed E-state index contributed by atoms with van der Waals surface area (Å²) < 4.78 is 4.65. The second kappa shape index (κ2) is 7.92. The standard InChI is InChI=1S/C18H18N2O4/c1-3-12-8-10-13(11-9-12)19-16(21)17(22)20-15-7-5-4-6-14(15)18(23)24-2/h4-11H,3H2,1-2H3,(H,19,21)(H,20,22). The van der Waals surface area contributed by atoms with Gasteiger partial charge in [-0.2, -0.15) is 0 Å². The highest BCUT2D eigenvalue weighted by molar-refractivity contribution is 6.43. The average Bonchev–Trinajstić information content (AvgIpc) is 2.62. The van der Waals surface area contributed by atoms with E-state index in [9.17, 15) is 14.4 Å². The Morgan fingerprint density at radius 3 is 2.17 bits per heavy atom. The van der Waals surface area contributed by atoms with Gasteiger partial charge in [-0.3, -0.25) is 9.59 Å². The molecule has 0 unspecified atom stereocenters. The number of amides is 2. The fourth-order valence-corrected chi connectivity index (χ4v) is 2.07. The van der Waals surface area contributed by atoms with Crippen molar-refractivity contribution in [1.82, 2.24) is 0 Å². The van der Waals surface area contributed by atoms with Gasteiger partial charge in [-0.15, -0.1) is 0 Å². The van der Waals surface area contributed by atoms with Crippen LogP contribution in [0.1, 0.15) is 22.8 Å². The number of methoxy groups -OCH3 is 1. The Morgan fingerprint density at radius 1 is 0.917 bits per heavy atom. The van der Waals surface area contributed by atoms with E-state index in [0.717, 1.165) is 12.0 Å². The number of ether oxygens (including phenoxy) is 1. The van der Waals surface area contributed by atoms with Crippen molar-refractivity contribution >= 4 is 29.2 Å². The van der Waals surface area contributed by atoms with Crippen LogP contribution in [0.5, 0.6) is 0 Å². The first-order valence-electron chi connectivity index (χ1n) is 7.43. The number of rotatable bonds is 4. The van der Waals surface area contributed by atoms with Gasteiger partial charge in [-0.25, -0.2) is 4.79 Å². The molecule has 6 nitrogen and oxygen atoms in total. The Bertz CT molecular complexity index is 754. The normalized spacial score (nSPS) is 9.92. The van der Waals surface area contributed by atoms with E-state index in [0.29, 0.717) is 5.69 Å². The van der Waals surface area contributed by atoms with Gasteiger partial charge >= 0.3 is 17.8 Å². The maximum Gasteiger partial charge on any atom is 0.339 e. The van der Waals surface area contributed by atoms with Crippen LogP contribution in [0.25, 0.3) is 0 Å². The van der Waals surface area contributed by atoms with E-state index in [2.05, 4.69) is 15.4 Å². The van der Waals surface area contributed by atoms with Crippen molar-refractivity contribution < 1.29 is 19.1 Å². The molecule has 0 aromatic heterocycles. The predicted octanol–water partition coefficient (Wildman–Crippen LogP) is 2.61. The van der Waals surface area contributed by atoms with E-state index >= 15 is 0 Å². The van der Waals surface area contributed by atoms with E-state index in [1.807, 2.05) is 19.1 Å². The van der Waals surface area contributed by atoms with Crippen LogP contribution < -0.4 is 10.6 Å². The van der Waals surface area contributed by atoms with Gasteiger partial charge in [0.25, 0.3) is 0 Å². The minimum Gasteiger partial charge on any atom is -0.465 e. The number of carbonyl (C=O) groups excluding carboxylic acids is 3. The Kier molecular flexibility index (Phi) is 5.68. The van der Waals surface area contributed by atoms with Crippen LogP contribution >= 0.6 is 0 Å². The molecular weight excluding hydrogens is 308 g/mol. The van der Waals surface area contributed by atoms with Crippen LogP contribution in [0.2, 0.25) is 0 Å². The van der Waals surface area contributed by atoms with Gasteiger partial charge in [0.15, 0.2) is 0 Å². The van der Waals surface area contributed by atoms with E-state index in [1.165, 1.54) is 19.2 Å². The van der Waals surface area contributed by atoms with Gasteiger partial charge in [-0.05, 0) is 36.2 Å². The predicted molar refractivity (Wildman–Crippen MR) is 90.9 cm³/mol. The Balaban J connectivity index is 2.06. The van der Waals surface area contributed by atoms with Crippen molar-refractivity contribution in [3.05, 3.63) is 59.7 Å². The molecule has 124 valence electrons. The first-order chi connectivity index (χ1) is 11.5. The molecule has 0 saturated heterocycles. The quantitative estimate of drug-likeness (QED) is 0.668. The molecule has 2 rings (SSSR count). The molecule has 0 aliphatic heterocycles. The lowest BCUT2D eigenvalue weighted by molar-refractivity contribution is -0.133. The smallest absolute Gasteiger partial charge is 0.339 e. The number of hydrogen-bond acceptors (Lipinski definition) is 4. The van der Waals surface area contributed by atoms with Crippen LogP contribution in [0.15, 0.2) is 48.5 Å². The Hall–Kier alpha value is -3.15. The zero-order valence-corrected chi connectivity index (χ0v) is 13.5. The number of carbonyl (C=O) groups is 3. The summed E-state index contributed by atoms with van der Waals surface area (Å²) >= 11 is 0. The summed E-state index contributed by atoms with van der Waals surface area (Å²) in [7, 11) is 1.24. The largest absolute Gasteiger partial charge is 0.465 e. The van der Waals surface area contributed by atoms with Gasteiger partial charge in [-0.1, -0.05) is 31.2 Å². The lowest BCUT2D eigenvalue weighted by atomic mass is 10.1. The minimum absolute atomic E-state index is 0.174. The first kappa shape index (κ1) is 17.2. The maximum absolute atomic E-state index is 12.0. The van der Waals surface area contributed by atoms with Crippen molar-refractivity contribution in [1.29, 1.82) is 0 Å². The van der Waals surface area contributed by atoms with E-state index in [4.69, 9.17) is 0 Å².